The molecule has 0 aliphatic carbocycles. The maximum absolute atomic E-state index is 12.0. The summed E-state index contributed by atoms with van der Waals surface area (Å²) in [6.45, 7) is 4.43. The third-order valence-electron chi connectivity index (χ3n) is 3.38. The third kappa shape index (κ3) is 6.90. The van der Waals surface area contributed by atoms with E-state index < -0.39 is 11.7 Å². The average molecular weight is 458 g/mol. The van der Waals surface area contributed by atoms with E-state index in [9.17, 15) is 9.59 Å². The van der Waals surface area contributed by atoms with E-state index in [2.05, 4.69) is 9.62 Å². The Morgan fingerprint density at radius 3 is 2.58 bits per heavy atom. The minimum Gasteiger partial charge on any atom is -0.379 e. The Morgan fingerprint density at radius 2 is 1.92 bits per heavy atom. The number of halogens is 3. The summed E-state index contributed by atoms with van der Waals surface area (Å²) in [5.74, 6) is -0.526. The number of carbonyl (C=O) groups excluding carboxylic acids is 2. The summed E-state index contributed by atoms with van der Waals surface area (Å²) in [6.07, 6.45) is 0.936. The van der Waals surface area contributed by atoms with Crippen molar-refractivity contribution in [2.45, 2.75) is 6.42 Å². The standard InChI is InChI=1S/C15H18Cl2N2O3S.BrH/c16-12-3-2-11(10-13(12)17)14(20)15(21)18-23-9-1-4-19-5-7-22-8-6-19;/h2-3,10H,1,4-9H2,(H,18,21);1H. The van der Waals surface area contributed by atoms with Crippen molar-refractivity contribution in [3.8, 4) is 0 Å². The van der Waals surface area contributed by atoms with Gasteiger partial charge in [0.1, 0.15) is 0 Å². The first-order valence-electron chi connectivity index (χ1n) is 7.29. The van der Waals surface area contributed by atoms with E-state index >= 15 is 0 Å². The number of ketones is 1. The van der Waals surface area contributed by atoms with Crippen LogP contribution in [0.2, 0.25) is 10.0 Å². The van der Waals surface area contributed by atoms with E-state index in [1.165, 1.54) is 30.1 Å². The van der Waals surface area contributed by atoms with Crippen molar-refractivity contribution in [2.75, 3.05) is 38.6 Å². The number of hydrogen-bond acceptors (Lipinski definition) is 5. The highest BCUT2D eigenvalue weighted by atomic mass is 79.9. The number of nitrogens with one attached hydrogen (secondary N) is 1. The molecule has 5 nitrogen and oxygen atoms in total. The Kier molecular flexibility index (Phi) is 10.3. The Hall–Kier alpha value is -0.310. The molecular weight excluding hydrogens is 439 g/mol. The first-order valence-corrected chi connectivity index (χ1v) is 9.03. The van der Waals surface area contributed by atoms with Crippen LogP contribution in [-0.4, -0.2) is 55.2 Å². The van der Waals surface area contributed by atoms with E-state index in [0.717, 1.165) is 45.0 Å². The molecule has 1 aliphatic rings. The molecule has 0 aromatic heterocycles. The highest BCUT2D eigenvalue weighted by Gasteiger charge is 2.17. The smallest absolute Gasteiger partial charge is 0.302 e. The van der Waals surface area contributed by atoms with Crippen LogP contribution in [0.4, 0.5) is 0 Å². The summed E-state index contributed by atoms with van der Waals surface area (Å²) in [5, 5.41) is 0.601. The maximum atomic E-state index is 12.0. The molecule has 24 heavy (non-hydrogen) atoms. The van der Waals surface area contributed by atoms with Crippen LogP contribution in [0.1, 0.15) is 16.8 Å². The second-order valence-corrected chi connectivity index (χ2v) is 6.76. The van der Waals surface area contributed by atoms with Crippen molar-refractivity contribution in [1.82, 2.24) is 9.62 Å². The third-order valence-corrected chi connectivity index (χ3v) is 4.94. The van der Waals surface area contributed by atoms with Crippen LogP contribution >= 0.6 is 52.1 Å². The van der Waals surface area contributed by atoms with Crippen LogP contribution in [0, 0.1) is 0 Å². The molecule has 1 aromatic rings. The summed E-state index contributed by atoms with van der Waals surface area (Å²) in [7, 11) is 0. The van der Waals surface area contributed by atoms with Crippen LogP contribution in [0.25, 0.3) is 0 Å². The number of rotatable bonds is 7. The molecule has 0 saturated carbocycles. The zero-order chi connectivity index (χ0) is 16.7. The highest BCUT2D eigenvalue weighted by molar-refractivity contribution is 8.93. The lowest BCUT2D eigenvalue weighted by Gasteiger charge is -2.26. The Bertz CT molecular complexity index is 572. The maximum Gasteiger partial charge on any atom is 0.302 e. The monoisotopic (exact) mass is 456 g/mol. The zero-order valence-electron chi connectivity index (χ0n) is 12.9. The molecule has 1 aromatic carbocycles. The second kappa shape index (κ2) is 11.3. The van der Waals surface area contributed by atoms with Gasteiger partial charge in [-0.1, -0.05) is 35.1 Å². The Labute approximate surface area is 166 Å². The largest absolute Gasteiger partial charge is 0.379 e. The zero-order valence-corrected chi connectivity index (χ0v) is 17.0. The van der Waals surface area contributed by atoms with E-state index in [4.69, 9.17) is 27.9 Å². The number of morpholine rings is 1. The summed E-state index contributed by atoms with van der Waals surface area (Å²) in [4.78, 5) is 26.1. The topological polar surface area (TPSA) is 58.6 Å². The SMILES string of the molecule is Br.O=C(NSCCCN1CCOCC1)C(=O)c1ccc(Cl)c(Cl)c1. The van der Waals surface area contributed by atoms with Crippen LogP contribution in [0.5, 0.6) is 0 Å². The lowest BCUT2D eigenvalue weighted by Crippen LogP contribution is -2.37. The highest BCUT2D eigenvalue weighted by Crippen LogP contribution is 2.22. The molecule has 2 rings (SSSR count). The molecule has 0 spiro atoms. The van der Waals surface area contributed by atoms with Crippen molar-refractivity contribution in [2.24, 2.45) is 0 Å². The molecule has 1 fully saturated rings. The Morgan fingerprint density at radius 1 is 1.21 bits per heavy atom. The molecule has 1 saturated heterocycles. The molecule has 1 aliphatic heterocycles. The van der Waals surface area contributed by atoms with Crippen LogP contribution < -0.4 is 4.72 Å². The predicted molar refractivity (Wildman–Crippen MR) is 104 cm³/mol. The van der Waals surface area contributed by atoms with Crippen molar-refractivity contribution < 1.29 is 14.3 Å². The number of ether oxygens (including phenoxy) is 1. The van der Waals surface area contributed by atoms with Gasteiger partial charge in [0.15, 0.2) is 0 Å². The van der Waals surface area contributed by atoms with Gasteiger partial charge >= 0.3 is 5.91 Å². The van der Waals surface area contributed by atoms with Gasteiger partial charge in [0.05, 0.1) is 23.3 Å². The lowest BCUT2D eigenvalue weighted by atomic mass is 10.1. The molecule has 134 valence electrons. The van der Waals surface area contributed by atoms with Gasteiger partial charge in [-0.05, 0) is 31.2 Å². The van der Waals surface area contributed by atoms with Crippen molar-refractivity contribution in [3.05, 3.63) is 33.8 Å². The molecule has 1 heterocycles. The van der Waals surface area contributed by atoms with E-state index in [1.54, 1.807) is 0 Å². The lowest BCUT2D eigenvalue weighted by molar-refractivity contribution is -0.115. The summed E-state index contributed by atoms with van der Waals surface area (Å²) >= 11 is 12.9. The molecule has 0 unspecified atom stereocenters. The van der Waals surface area contributed by atoms with Gasteiger partial charge in [0.2, 0.25) is 0 Å². The average Bonchev–Trinajstić information content (AvgIpc) is 2.57. The van der Waals surface area contributed by atoms with Crippen molar-refractivity contribution in [3.63, 3.8) is 0 Å². The van der Waals surface area contributed by atoms with Crippen molar-refractivity contribution in [1.29, 1.82) is 0 Å². The van der Waals surface area contributed by atoms with Gasteiger partial charge in [-0.3, -0.25) is 19.2 Å². The summed E-state index contributed by atoms with van der Waals surface area (Å²) < 4.78 is 7.85. The first kappa shape index (κ1) is 21.7. The van der Waals surface area contributed by atoms with E-state index in [-0.39, 0.29) is 27.6 Å². The number of hydrogen-bond donors (Lipinski definition) is 1. The van der Waals surface area contributed by atoms with Crippen LogP contribution in [0.3, 0.4) is 0 Å². The fourth-order valence-corrected chi connectivity index (χ4v) is 3.01. The van der Waals surface area contributed by atoms with Gasteiger partial charge in [0, 0.05) is 24.4 Å². The number of amides is 1. The normalized spacial score (nSPS) is 14.8. The molecular formula is C15H19BrCl2N2O3S. The van der Waals surface area contributed by atoms with Gasteiger partial charge in [-0.25, -0.2) is 0 Å². The van der Waals surface area contributed by atoms with Gasteiger partial charge in [0.25, 0.3) is 5.78 Å². The minimum atomic E-state index is -0.653. The van der Waals surface area contributed by atoms with Gasteiger partial charge in [-0.15, -0.1) is 17.0 Å². The van der Waals surface area contributed by atoms with Gasteiger partial charge < -0.3 is 4.74 Å². The van der Waals surface area contributed by atoms with Crippen molar-refractivity contribution >= 4 is 63.8 Å². The van der Waals surface area contributed by atoms with Crippen LogP contribution in [-0.2, 0) is 9.53 Å². The molecule has 0 radical (unpaired) electrons. The number of benzene rings is 1. The molecule has 9 heteroatoms. The quantitative estimate of drug-likeness (QED) is 0.295. The molecule has 0 atom stereocenters. The van der Waals surface area contributed by atoms with Crippen LogP contribution in [0.15, 0.2) is 18.2 Å². The molecule has 1 amide bonds. The fourth-order valence-electron chi connectivity index (χ4n) is 2.12. The fraction of sp³-hybridized carbons (Fsp3) is 0.467. The minimum absolute atomic E-state index is 0. The van der Waals surface area contributed by atoms with E-state index in [0.29, 0.717) is 5.02 Å². The summed E-state index contributed by atoms with van der Waals surface area (Å²) in [5.41, 5.74) is 0.228. The Balaban J connectivity index is 0.00000288. The summed E-state index contributed by atoms with van der Waals surface area (Å²) in [6, 6.07) is 4.38. The number of Topliss-reactive ketones (excluding diaryl/α,β-unsaturated/α-hetero) is 1. The van der Waals surface area contributed by atoms with Gasteiger partial charge in [-0.2, -0.15) is 0 Å². The van der Waals surface area contributed by atoms with E-state index in [1.807, 2.05) is 0 Å². The predicted octanol–water partition coefficient (Wildman–Crippen LogP) is 3.24. The number of nitrogens with zero attached hydrogens (tertiary/aromatic N) is 1. The molecule has 0 bridgehead atoms. The number of carbonyl (C=O) groups is 2. The molecule has 1 N–H and O–H groups in total. The first-order chi connectivity index (χ1) is 11.1. The second-order valence-electron chi connectivity index (χ2n) is 5.05.